The van der Waals surface area contributed by atoms with E-state index in [2.05, 4.69) is 24.5 Å². The van der Waals surface area contributed by atoms with Crippen molar-refractivity contribution in [3.05, 3.63) is 59.3 Å². The van der Waals surface area contributed by atoms with Crippen LogP contribution in [0.1, 0.15) is 32.4 Å². The Morgan fingerprint density at radius 3 is 2.22 bits per heavy atom. The van der Waals surface area contributed by atoms with Crippen molar-refractivity contribution in [2.75, 3.05) is 26.6 Å². The van der Waals surface area contributed by atoms with E-state index >= 15 is 0 Å². The van der Waals surface area contributed by atoms with E-state index in [9.17, 15) is 4.79 Å². The quantitative estimate of drug-likeness (QED) is 0.626. The van der Waals surface area contributed by atoms with Crippen LogP contribution in [-0.2, 0) is 4.79 Å². The summed E-state index contributed by atoms with van der Waals surface area (Å²) in [7, 11) is 4.69. The second kappa shape index (κ2) is 10.5. The summed E-state index contributed by atoms with van der Waals surface area (Å²) in [5, 5.41) is 7.35. The summed E-state index contributed by atoms with van der Waals surface area (Å²) < 4.78 is 16.5. The maximum atomic E-state index is 13.4. The standard InChI is InChI=1S/C24H29N3O4S/c1-14(2)32-24-25-15(3)20(23(28)26-17-10-8-7-9-11-17)21(27-24)16-12-18(29-4)22(31-6)19(13-16)30-5/h7-14,21H,1-6H3,(H,25,27)(H,26,28)/t21-/m1/s1. The number of hydrogen-bond donors (Lipinski definition) is 2. The van der Waals surface area contributed by atoms with Crippen molar-refractivity contribution in [3.63, 3.8) is 0 Å². The fraction of sp³-hybridized carbons (Fsp3) is 0.333. The van der Waals surface area contributed by atoms with E-state index in [-0.39, 0.29) is 5.91 Å². The highest BCUT2D eigenvalue weighted by Crippen LogP contribution is 2.43. The number of thioether (sulfide) groups is 1. The Balaban J connectivity index is 2.09. The molecule has 1 atom stereocenters. The lowest BCUT2D eigenvalue weighted by Crippen LogP contribution is -2.32. The summed E-state index contributed by atoms with van der Waals surface area (Å²) in [6, 6.07) is 12.5. The molecule has 0 fully saturated rings. The zero-order chi connectivity index (χ0) is 23.3. The van der Waals surface area contributed by atoms with E-state index in [1.165, 1.54) is 0 Å². The fourth-order valence-corrected chi connectivity index (χ4v) is 4.27. The van der Waals surface area contributed by atoms with Crippen LogP contribution in [0.3, 0.4) is 0 Å². The van der Waals surface area contributed by atoms with Gasteiger partial charge in [0.25, 0.3) is 5.91 Å². The van der Waals surface area contributed by atoms with Crippen LogP contribution >= 0.6 is 11.8 Å². The monoisotopic (exact) mass is 455 g/mol. The lowest BCUT2D eigenvalue weighted by Gasteiger charge is -2.27. The van der Waals surface area contributed by atoms with Crippen molar-refractivity contribution < 1.29 is 19.0 Å². The van der Waals surface area contributed by atoms with Gasteiger partial charge in [-0.05, 0) is 36.8 Å². The van der Waals surface area contributed by atoms with Crippen molar-refractivity contribution >= 4 is 28.5 Å². The Kier molecular flexibility index (Phi) is 7.69. The zero-order valence-corrected chi connectivity index (χ0v) is 20.0. The molecule has 1 heterocycles. The average Bonchev–Trinajstić information content (AvgIpc) is 2.77. The van der Waals surface area contributed by atoms with Gasteiger partial charge in [-0.2, -0.15) is 0 Å². The molecule has 0 saturated carbocycles. The van der Waals surface area contributed by atoms with Crippen LogP contribution in [0.4, 0.5) is 5.69 Å². The van der Waals surface area contributed by atoms with Gasteiger partial charge in [0.05, 0.1) is 26.9 Å². The third-order valence-electron chi connectivity index (χ3n) is 4.84. The molecule has 2 aromatic carbocycles. The second-order valence-corrected chi connectivity index (χ2v) is 9.01. The van der Waals surface area contributed by atoms with Crippen molar-refractivity contribution in [2.45, 2.75) is 32.1 Å². The first kappa shape index (κ1) is 23.5. The minimum Gasteiger partial charge on any atom is -0.493 e. The molecule has 2 N–H and O–H groups in total. The first-order valence-electron chi connectivity index (χ1n) is 10.3. The topological polar surface area (TPSA) is 81.2 Å². The normalized spacial score (nSPS) is 15.7. The molecule has 0 bridgehead atoms. The number of hydrogen-bond acceptors (Lipinski definition) is 7. The SMILES string of the molecule is COc1cc([C@H]2N=C(SC(C)C)NC(C)=C2C(=O)Nc2ccccc2)cc(OC)c1OC. The first-order valence-corrected chi connectivity index (χ1v) is 11.1. The van der Waals surface area contributed by atoms with E-state index in [0.29, 0.717) is 33.8 Å². The highest BCUT2D eigenvalue weighted by atomic mass is 32.2. The molecule has 0 saturated heterocycles. The molecule has 1 amide bonds. The Morgan fingerprint density at radius 2 is 1.69 bits per heavy atom. The van der Waals surface area contributed by atoms with Crippen LogP contribution < -0.4 is 24.8 Å². The van der Waals surface area contributed by atoms with E-state index in [1.54, 1.807) is 33.1 Å². The number of amides is 1. The third kappa shape index (κ3) is 5.19. The molecule has 1 aliphatic heterocycles. The molecule has 0 spiro atoms. The summed E-state index contributed by atoms with van der Waals surface area (Å²) in [4.78, 5) is 18.2. The van der Waals surface area contributed by atoms with Gasteiger partial charge in [-0.1, -0.05) is 43.8 Å². The van der Waals surface area contributed by atoms with Crippen LogP contribution in [-0.4, -0.2) is 37.7 Å². The predicted octanol–water partition coefficient (Wildman–Crippen LogP) is 4.77. The molecule has 0 radical (unpaired) electrons. The summed E-state index contributed by atoms with van der Waals surface area (Å²) in [6.45, 7) is 6.08. The number of amidine groups is 1. The minimum absolute atomic E-state index is 0.225. The van der Waals surface area contributed by atoms with Crippen LogP contribution in [0.5, 0.6) is 17.2 Å². The number of para-hydroxylation sites is 1. The molecule has 0 aliphatic carbocycles. The van der Waals surface area contributed by atoms with E-state index in [0.717, 1.165) is 16.4 Å². The molecular weight excluding hydrogens is 426 g/mol. The lowest BCUT2D eigenvalue weighted by molar-refractivity contribution is -0.113. The second-order valence-electron chi connectivity index (χ2n) is 7.45. The van der Waals surface area contributed by atoms with E-state index in [4.69, 9.17) is 19.2 Å². The molecule has 0 aromatic heterocycles. The molecule has 170 valence electrons. The number of allylic oxidation sites excluding steroid dienone is 1. The van der Waals surface area contributed by atoms with Gasteiger partial charge in [-0.15, -0.1) is 0 Å². The number of anilines is 1. The molecule has 2 aromatic rings. The van der Waals surface area contributed by atoms with Gasteiger partial charge in [0.1, 0.15) is 6.04 Å². The summed E-state index contributed by atoms with van der Waals surface area (Å²) in [6.07, 6.45) is 0. The summed E-state index contributed by atoms with van der Waals surface area (Å²) >= 11 is 1.61. The third-order valence-corrected chi connectivity index (χ3v) is 5.75. The number of nitrogens with zero attached hydrogens (tertiary/aromatic N) is 1. The van der Waals surface area contributed by atoms with Crippen molar-refractivity contribution in [1.82, 2.24) is 5.32 Å². The zero-order valence-electron chi connectivity index (χ0n) is 19.2. The summed E-state index contributed by atoms with van der Waals surface area (Å²) in [5.41, 5.74) is 2.75. The molecule has 7 nitrogen and oxygen atoms in total. The highest BCUT2D eigenvalue weighted by molar-refractivity contribution is 8.14. The maximum Gasteiger partial charge on any atom is 0.255 e. The van der Waals surface area contributed by atoms with Gasteiger partial charge in [-0.25, -0.2) is 4.99 Å². The number of methoxy groups -OCH3 is 3. The molecule has 3 rings (SSSR count). The number of nitrogens with one attached hydrogen (secondary N) is 2. The van der Waals surface area contributed by atoms with Gasteiger partial charge in [0, 0.05) is 16.6 Å². The number of rotatable bonds is 7. The number of carbonyl (C=O) groups is 1. The molecule has 8 heteroatoms. The summed E-state index contributed by atoms with van der Waals surface area (Å²) in [5.74, 6) is 1.28. The lowest BCUT2D eigenvalue weighted by atomic mass is 9.95. The fourth-order valence-electron chi connectivity index (χ4n) is 3.44. The first-order chi connectivity index (χ1) is 15.4. The Bertz CT molecular complexity index is 1010. The Labute approximate surface area is 193 Å². The van der Waals surface area contributed by atoms with Gasteiger partial charge in [0.2, 0.25) is 5.75 Å². The van der Waals surface area contributed by atoms with Gasteiger partial charge in [-0.3, -0.25) is 4.79 Å². The van der Waals surface area contributed by atoms with Gasteiger partial charge < -0.3 is 24.8 Å². The van der Waals surface area contributed by atoms with Crippen molar-refractivity contribution in [2.24, 2.45) is 4.99 Å². The highest BCUT2D eigenvalue weighted by Gasteiger charge is 2.31. The minimum atomic E-state index is -0.546. The molecule has 32 heavy (non-hydrogen) atoms. The number of ether oxygens (including phenoxy) is 3. The van der Waals surface area contributed by atoms with Gasteiger partial charge >= 0.3 is 0 Å². The molecular formula is C24H29N3O4S. The van der Waals surface area contributed by atoms with E-state index in [1.807, 2.05) is 49.4 Å². The maximum absolute atomic E-state index is 13.4. The van der Waals surface area contributed by atoms with Crippen LogP contribution in [0.25, 0.3) is 0 Å². The van der Waals surface area contributed by atoms with Crippen LogP contribution in [0.15, 0.2) is 58.7 Å². The van der Waals surface area contributed by atoms with Crippen LogP contribution in [0, 0.1) is 0 Å². The number of carbonyl (C=O) groups excluding carboxylic acids is 1. The number of benzene rings is 2. The molecule has 0 unspecified atom stereocenters. The largest absolute Gasteiger partial charge is 0.493 e. The van der Waals surface area contributed by atoms with Crippen molar-refractivity contribution in [3.8, 4) is 17.2 Å². The number of aliphatic imine (C=N–C) groups is 1. The predicted molar refractivity (Wildman–Crippen MR) is 130 cm³/mol. The average molecular weight is 456 g/mol. The Morgan fingerprint density at radius 1 is 1.06 bits per heavy atom. The van der Waals surface area contributed by atoms with Gasteiger partial charge in [0.15, 0.2) is 16.7 Å². The Hall–Kier alpha value is -3.13. The molecule has 1 aliphatic rings. The van der Waals surface area contributed by atoms with Crippen molar-refractivity contribution in [1.29, 1.82) is 0 Å². The van der Waals surface area contributed by atoms with E-state index < -0.39 is 6.04 Å². The smallest absolute Gasteiger partial charge is 0.255 e. The van der Waals surface area contributed by atoms with Crippen LogP contribution in [0.2, 0.25) is 0 Å².